The number of carbonyl (C=O) groups excluding carboxylic acids is 1. The van der Waals surface area contributed by atoms with E-state index in [9.17, 15) is 4.79 Å². The van der Waals surface area contributed by atoms with Gasteiger partial charge >= 0.3 is 0 Å². The number of nitrogens with zero attached hydrogens (tertiary/aromatic N) is 3. The molecule has 1 aliphatic rings. The first-order chi connectivity index (χ1) is 11.7. The number of aromatic nitrogens is 3. The number of ether oxygens (including phenoxy) is 1. The summed E-state index contributed by atoms with van der Waals surface area (Å²) in [6.07, 6.45) is 8.77. The van der Waals surface area contributed by atoms with Gasteiger partial charge in [-0.15, -0.1) is 10.2 Å². The first kappa shape index (κ1) is 16.4. The summed E-state index contributed by atoms with van der Waals surface area (Å²) >= 11 is 0. The zero-order valence-corrected chi connectivity index (χ0v) is 13.8. The van der Waals surface area contributed by atoms with Crippen LogP contribution in [-0.2, 0) is 4.79 Å². The van der Waals surface area contributed by atoms with Crippen molar-refractivity contribution in [2.45, 2.75) is 38.1 Å². The molecule has 1 saturated carbocycles. The third-order valence-corrected chi connectivity index (χ3v) is 4.62. The predicted molar refractivity (Wildman–Crippen MR) is 91.1 cm³/mol. The number of hydrogen-bond donors (Lipinski definition) is 2. The third kappa shape index (κ3) is 3.56. The van der Waals surface area contributed by atoms with Crippen molar-refractivity contribution in [1.29, 1.82) is 0 Å². The molecule has 0 aliphatic heterocycles. The molecule has 1 fully saturated rings. The van der Waals surface area contributed by atoms with E-state index in [1.54, 1.807) is 30.4 Å². The summed E-state index contributed by atoms with van der Waals surface area (Å²) < 4.78 is 7.11. The van der Waals surface area contributed by atoms with Gasteiger partial charge in [0.25, 0.3) is 0 Å². The van der Waals surface area contributed by atoms with Crippen LogP contribution >= 0.6 is 0 Å². The molecule has 1 aromatic carbocycles. The zero-order valence-electron chi connectivity index (χ0n) is 13.8. The van der Waals surface area contributed by atoms with Gasteiger partial charge in [-0.05, 0) is 37.0 Å². The van der Waals surface area contributed by atoms with Crippen molar-refractivity contribution in [3.63, 3.8) is 0 Å². The summed E-state index contributed by atoms with van der Waals surface area (Å²) in [6, 6.07) is 5.01. The van der Waals surface area contributed by atoms with Crippen molar-refractivity contribution in [3.05, 3.63) is 30.9 Å². The molecule has 0 spiro atoms. The first-order valence-corrected chi connectivity index (χ1v) is 8.28. The lowest BCUT2D eigenvalue weighted by atomic mass is 9.84. The van der Waals surface area contributed by atoms with Gasteiger partial charge in [0.2, 0.25) is 5.91 Å². The van der Waals surface area contributed by atoms with Crippen molar-refractivity contribution in [1.82, 2.24) is 14.8 Å². The maximum absolute atomic E-state index is 12.6. The minimum absolute atomic E-state index is 0.166. The highest BCUT2D eigenvalue weighted by atomic mass is 16.5. The van der Waals surface area contributed by atoms with Crippen LogP contribution in [0, 0.1) is 5.92 Å². The smallest absolute Gasteiger partial charge is 0.241 e. The number of carbonyl (C=O) groups is 1. The molecule has 0 unspecified atom stereocenters. The average molecular weight is 329 g/mol. The summed E-state index contributed by atoms with van der Waals surface area (Å²) in [6.45, 7) is 0. The van der Waals surface area contributed by atoms with Crippen LogP contribution < -0.4 is 15.8 Å². The van der Waals surface area contributed by atoms with Crippen LogP contribution in [0.25, 0.3) is 5.69 Å². The van der Waals surface area contributed by atoms with E-state index in [1.165, 1.54) is 6.42 Å². The number of nitrogens with two attached hydrogens (primary N) is 1. The predicted octanol–water partition coefficient (Wildman–Crippen LogP) is 2.12. The SMILES string of the molecule is COc1ccc(-n2cnnc2)cc1NC(=O)[C@@H](N)C1CCCCC1. The Morgan fingerprint density at radius 1 is 1.29 bits per heavy atom. The zero-order chi connectivity index (χ0) is 16.9. The van der Waals surface area contributed by atoms with Crippen molar-refractivity contribution >= 4 is 11.6 Å². The Morgan fingerprint density at radius 2 is 2.00 bits per heavy atom. The lowest BCUT2D eigenvalue weighted by Gasteiger charge is -2.26. The molecule has 1 aliphatic carbocycles. The van der Waals surface area contributed by atoms with Gasteiger partial charge in [-0.25, -0.2) is 0 Å². The van der Waals surface area contributed by atoms with Crippen LogP contribution in [0.3, 0.4) is 0 Å². The number of rotatable bonds is 5. The molecule has 0 saturated heterocycles. The molecule has 1 atom stereocenters. The maximum atomic E-state index is 12.6. The fourth-order valence-corrected chi connectivity index (χ4v) is 3.21. The van der Waals surface area contributed by atoms with Crippen LogP contribution in [0.1, 0.15) is 32.1 Å². The third-order valence-electron chi connectivity index (χ3n) is 4.62. The van der Waals surface area contributed by atoms with Crippen LogP contribution in [-0.4, -0.2) is 33.8 Å². The van der Waals surface area contributed by atoms with Crippen molar-refractivity contribution in [2.24, 2.45) is 11.7 Å². The van der Waals surface area contributed by atoms with Crippen LogP contribution in [0.2, 0.25) is 0 Å². The van der Waals surface area contributed by atoms with E-state index in [1.807, 2.05) is 12.1 Å². The standard InChI is InChI=1S/C17H23N5O2/c1-24-15-8-7-13(22-10-19-20-11-22)9-14(15)21-17(23)16(18)12-5-3-2-4-6-12/h7-12,16H,2-6,18H2,1H3,(H,21,23)/t16-/m0/s1. The monoisotopic (exact) mass is 329 g/mol. The van der Waals surface area contributed by atoms with Crippen LogP contribution in [0.15, 0.2) is 30.9 Å². The van der Waals surface area contributed by atoms with Crippen LogP contribution in [0.4, 0.5) is 5.69 Å². The van der Waals surface area contributed by atoms with Crippen molar-refractivity contribution in [2.75, 3.05) is 12.4 Å². The van der Waals surface area contributed by atoms with Gasteiger partial charge in [-0.3, -0.25) is 9.36 Å². The van der Waals surface area contributed by atoms with Gasteiger partial charge < -0.3 is 15.8 Å². The van der Waals surface area contributed by atoms with Gasteiger partial charge in [-0.2, -0.15) is 0 Å². The van der Waals surface area contributed by atoms with Gasteiger partial charge in [-0.1, -0.05) is 19.3 Å². The largest absolute Gasteiger partial charge is 0.495 e. The van der Waals surface area contributed by atoms with Gasteiger partial charge in [0, 0.05) is 0 Å². The minimum Gasteiger partial charge on any atom is -0.495 e. The fourth-order valence-electron chi connectivity index (χ4n) is 3.21. The molecule has 1 amide bonds. The molecular formula is C17H23N5O2. The minimum atomic E-state index is -0.492. The van der Waals surface area contributed by atoms with Crippen LogP contribution in [0.5, 0.6) is 5.75 Å². The Kier molecular flexibility index (Phi) is 5.10. The second-order valence-corrected chi connectivity index (χ2v) is 6.17. The highest BCUT2D eigenvalue weighted by Gasteiger charge is 2.26. The van der Waals surface area contributed by atoms with E-state index in [-0.39, 0.29) is 11.8 Å². The lowest BCUT2D eigenvalue weighted by Crippen LogP contribution is -2.42. The molecule has 24 heavy (non-hydrogen) atoms. The molecule has 3 N–H and O–H groups in total. The second kappa shape index (κ2) is 7.44. The number of methoxy groups -OCH3 is 1. The van der Waals surface area contributed by atoms with Gasteiger partial charge in [0.1, 0.15) is 18.4 Å². The highest BCUT2D eigenvalue weighted by molar-refractivity contribution is 5.96. The molecule has 7 heteroatoms. The Labute approximate surface area is 141 Å². The molecule has 7 nitrogen and oxygen atoms in total. The van der Waals surface area contributed by atoms with Gasteiger partial charge in [0.05, 0.1) is 24.5 Å². The van der Waals surface area contributed by atoms with E-state index in [0.717, 1.165) is 31.4 Å². The molecule has 3 rings (SSSR count). The molecule has 0 radical (unpaired) electrons. The maximum Gasteiger partial charge on any atom is 0.241 e. The normalized spacial score (nSPS) is 16.6. The highest BCUT2D eigenvalue weighted by Crippen LogP contribution is 2.29. The quantitative estimate of drug-likeness (QED) is 0.876. The number of benzene rings is 1. The molecule has 0 bridgehead atoms. The van der Waals surface area contributed by atoms with E-state index >= 15 is 0 Å². The molecular weight excluding hydrogens is 306 g/mol. The molecule has 1 aromatic heterocycles. The Bertz CT molecular complexity index is 680. The summed E-state index contributed by atoms with van der Waals surface area (Å²) in [5, 5.41) is 10.5. The fraction of sp³-hybridized carbons (Fsp3) is 0.471. The number of nitrogens with one attached hydrogen (secondary N) is 1. The van der Waals surface area contributed by atoms with Gasteiger partial charge in [0.15, 0.2) is 0 Å². The first-order valence-electron chi connectivity index (χ1n) is 8.28. The van der Waals surface area contributed by atoms with E-state index in [2.05, 4.69) is 15.5 Å². The number of hydrogen-bond acceptors (Lipinski definition) is 5. The Morgan fingerprint density at radius 3 is 2.67 bits per heavy atom. The summed E-state index contributed by atoms with van der Waals surface area (Å²) in [4.78, 5) is 12.6. The number of anilines is 1. The van der Waals surface area contributed by atoms with E-state index in [0.29, 0.717) is 11.4 Å². The summed E-state index contributed by atoms with van der Waals surface area (Å²) in [5.74, 6) is 0.683. The molecule has 1 heterocycles. The number of amides is 1. The summed E-state index contributed by atoms with van der Waals surface area (Å²) in [5.41, 5.74) is 7.62. The lowest BCUT2D eigenvalue weighted by molar-refractivity contribution is -0.118. The Balaban J connectivity index is 1.77. The van der Waals surface area contributed by atoms with Crippen molar-refractivity contribution in [3.8, 4) is 11.4 Å². The summed E-state index contributed by atoms with van der Waals surface area (Å²) in [7, 11) is 1.57. The topological polar surface area (TPSA) is 95.1 Å². The van der Waals surface area contributed by atoms with Crippen molar-refractivity contribution < 1.29 is 9.53 Å². The Hall–Kier alpha value is -2.41. The molecule has 2 aromatic rings. The average Bonchev–Trinajstić information content (AvgIpc) is 3.16. The van der Waals surface area contributed by atoms with E-state index in [4.69, 9.17) is 10.5 Å². The second-order valence-electron chi connectivity index (χ2n) is 6.17. The molecule has 128 valence electrons. The van der Waals surface area contributed by atoms with E-state index < -0.39 is 6.04 Å².